The van der Waals surface area contributed by atoms with Gasteiger partial charge >= 0.3 is 0 Å². The molecule has 0 aliphatic heterocycles. The first-order chi connectivity index (χ1) is 7.65. The van der Waals surface area contributed by atoms with E-state index in [-0.39, 0.29) is 5.91 Å². The van der Waals surface area contributed by atoms with Gasteiger partial charge in [0.15, 0.2) is 0 Å². The third kappa shape index (κ3) is 1.90. The maximum absolute atomic E-state index is 11.7. The number of amides is 1. The Morgan fingerprint density at radius 1 is 1.44 bits per heavy atom. The minimum atomic E-state index is -0.148. The standard InChI is InChI=1S/C11H9Cl2NOS/c1-2-14-11(15)10-9(13)8-6(12)4-3-5-7(8)16-10/h3-5H,2H2,1H3,(H,14,15). The molecule has 2 aromatic rings. The number of benzene rings is 1. The van der Waals surface area contributed by atoms with E-state index in [0.717, 1.165) is 10.1 Å². The molecule has 16 heavy (non-hydrogen) atoms. The van der Waals surface area contributed by atoms with Gasteiger partial charge in [-0.3, -0.25) is 4.79 Å². The van der Waals surface area contributed by atoms with Crippen molar-refractivity contribution in [3.8, 4) is 0 Å². The van der Waals surface area contributed by atoms with Crippen molar-refractivity contribution in [1.82, 2.24) is 5.32 Å². The second-order valence-electron chi connectivity index (χ2n) is 3.22. The molecule has 1 aromatic heterocycles. The first kappa shape index (κ1) is 11.7. The average Bonchev–Trinajstić information content (AvgIpc) is 2.58. The Hall–Kier alpha value is -0.770. The summed E-state index contributed by atoms with van der Waals surface area (Å²) >= 11 is 13.6. The van der Waals surface area contributed by atoms with Gasteiger partial charge in [0.2, 0.25) is 0 Å². The minimum absolute atomic E-state index is 0.148. The summed E-state index contributed by atoms with van der Waals surface area (Å²) in [5.41, 5.74) is 0. The van der Waals surface area contributed by atoms with Crippen molar-refractivity contribution >= 4 is 50.5 Å². The molecule has 0 radical (unpaired) electrons. The zero-order valence-corrected chi connectivity index (χ0v) is 10.8. The predicted octanol–water partition coefficient (Wildman–Crippen LogP) is 3.96. The highest BCUT2D eigenvalue weighted by Crippen LogP contribution is 2.39. The molecular weight excluding hydrogens is 265 g/mol. The molecule has 0 atom stereocenters. The summed E-state index contributed by atoms with van der Waals surface area (Å²) in [7, 11) is 0. The van der Waals surface area contributed by atoms with E-state index in [4.69, 9.17) is 23.2 Å². The number of fused-ring (bicyclic) bond motifs is 1. The van der Waals surface area contributed by atoms with E-state index in [9.17, 15) is 4.79 Å². The fraction of sp³-hybridized carbons (Fsp3) is 0.182. The summed E-state index contributed by atoms with van der Waals surface area (Å²) in [6.45, 7) is 2.45. The molecule has 0 aliphatic carbocycles. The number of carbonyl (C=O) groups is 1. The number of nitrogens with one attached hydrogen (secondary N) is 1. The fourth-order valence-corrected chi connectivity index (χ4v) is 3.33. The summed E-state index contributed by atoms with van der Waals surface area (Å²) in [6, 6.07) is 5.52. The van der Waals surface area contributed by atoms with Crippen LogP contribution in [0.15, 0.2) is 18.2 Å². The predicted molar refractivity (Wildman–Crippen MR) is 69.9 cm³/mol. The largest absolute Gasteiger partial charge is 0.352 e. The second kappa shape index (κ2) is 4.62. The van der Waals surface area contributed by atoms with Crippen LogP contribution in [0.25, 0.3) is 10.1 Å². The summed E-state index contributed by atoms with van der Waals surface area (Å²) in [6.07, 6.45) is 0. The Labute approximate surface area is 107 Å². The maximum Gasteiger partial charge on any atom is 0.262 e. The van der Waals surface area contributed by atoms with Crippen LogP contribution in [-0.4, -0.2) is 12.5 Å². The highest BCUT2D eigenvalue weighted by molar-refractivity contribution is 7.21. The zero-order chi connectivity index (χ0) is 11.7. The first-order valence-corrected chi connectivity index (χ1v) is 6.37. The van der Waals surface area contributed by atoms with E-state index in [2.05, 4.69) is 5.32 Å². The van der Waals surface area contributed by atoms with Gasteiger partial charge < -0.3 is 5.32 Å². The highest BCUT2D eigenvalue weighted by Gasteiger charge is 2.17. The Balaban J connectivity index is 2.61. The molecule has 0 saturated heterocycles. The minimum Gasteiger partial charge on any atom is -0.352 e. The van der Waals surface area contributed by atoms with Crippen molar-refractivity contribution < 1.29 is 4.79 Å². The van der Waals surface area contributed by atoms with Crippen LogP contribution in [0.1, 0.15) is 16.6 Å². The molecule has 0 bridgehead atoms. The lowest BCUT2D eigenvalue weighted by molar-refractivity contribution is 0.0960. The number of thiophene rings is 1. The van der Waals surface area contributed by atoms with Gasteiger partial charge in [-0.2, -0.15) is 0 Å². The molecule has 0 spiro atoms. The average molecular weight is 274 g/mol. The van der Waals surface area contributed by atoms with Gasteiger partial charge in [-0.05, 0) is 19.1 Å². The van der Waals surface area contributed by atoms with Crippen molar-refractivity contribution in [3.05, 3.63) is 33.1 Å². The number of halogens is 2. The molecule has 2 rings (SSSR count). The lowest BCUT2D eigenvalue weighted by atomic mass is 10.2. The molecule has 2 nitrogen and oxygen atoms in total. The van der Waals surface area contributed by atoms with Gasteiger partial charge in [-0.25, -0.2) is 0 Å². The Kier molecular flexibility index (Phi) is 3.38. The summed E-state index contributed by atoms with van der Waals surface area (Å²) in [4.78, 5) is 12.2. The van der Waals surface area contributed by atoms with Crippen molar-refractivity contribution in [3.63, 3.8) is 0 Å². The third-order valence-corrected chi connectivity index (χ3v) is 4.11. The van der Waals surface area contributed by atoms with Gasteiger partial charge in [0, 0.05) is 16.6 Å². The zero-order valence-electron chi connectivity index (χ0n) is 8.51. The summed E-state index contributed by atoms with van der Waals surface area (Å²) < 4.78 is 0.929. The van der Waals surface area contributed by atoms with Crippen LogP contribution in [-0.2, 0) is 0 Å². The maximum atomic E-state index is 11.7. The molecule has 0 saturated carbocycles. The molecule has 84 valence electrons. The smallest absolute Gasteiger partial charge is 0.262 e. The number of rotatable bonds is 2. The van der Waals surface area contributed by atoms with Gasteiger partial charge in [-0.15, -0.1) is 11.3 Å². The molecule has 0 unspecified atom stereocenters. The van der Waals surface area contributed by atoms with Crippen molar-refractivity contribution in [2.24, 2.45) is 0 Å². The molecule has 0 fully saturated rings. The lowest BCUT2D eigenvalue weighted by Gasteiger charge is -1.98. The number of carbonyl (C=O) groups excluding carboxylic acids is 1. The fourth-order valence-electron chi connectivity index (χ4n) is 1.46. The molecule has 1 heterocycles. The van der Waals surface area contributed by atoms with Crippen molar-refractivity contribution in [1.29, 1.82) is 0 Å². The molecule has 1 N–H and O–H groups in total. The molecule has 1 aromatic carbocycles. The highest BCUT2D eigenvalue weighted by atomic mass is 35.5. The second-order valence-corrected chi connectivity index (χ2v) is 5.05. The van der Waals surface area contributed by atoms with E-state index in [1.807, 2.05) is 19.1 Å². The first-order valence-electron chi connectivity index (χ1n) is 4.80. The molecule has 5 heteroatoms. The van der Waals surface area contributed by atoms with Gasteiger partial charge in [0.05, 0.1) is 10.0 Å². The van der Waals surface area contributed by atoms with E-state index in [1.165, 1.54) is 11.3 Å². The van der Waals surface area contributed by atoms with Crippen LogP contribution >= 0.6 is 34.5 Å². The van der Waals surface area contributed by atoms with Gasteiger partial charge in [0.1, 0.15) is 4.88 Å². The van der Waals surface area contributed by atoms with Crippen LogP contribution in [0.5, 0.6) is 0 Å². The van der Waals surface area contributed by atoms with Crippen LogP contribution in [0.4, 0.5) is 0 Å². The van der Waals surface area contributed by atoms with Crippen molar-refractivity contribution in [2.45, 2.75) is 6.92 Å². The topological polar surface area (TPSA) is 29.1 Å². The third-order valence-electron chi connectivity index (χ3n) is 2.15. The van der Waals surface area contributed by atoms with E-state index < -0.39 is 0 Å². The van der Waals surface area contributed by atoms with Crippen LogP contribution in [0.2, 0.25) is 10.0 Å². The normalized spacial score (nSPS) is 10.7. The van der Waals surface area contributed by atoms with Gasteiger partial charge in [-0.1, -0.05) is 29.3 Å². The van der Waals surface area contributed by atoms with Crippen LogP contribution in [0, 0.1) is 0 Å². The van der Waals surface area contributed by atoms with Crippen LogP contribution < -0.4 is 5.32 Å². The molecular formula is C11H9Cl2NOS. The summed E-state index contributed by atoms with van der Waals surface area (Å²) in [5.74, 6) is -0.148. The quantitative estimate of drug-likeness (QED) is 0.882. The van der Waals surface area contributed by atoms with E-state index in [1.54, 1.807) is 6.07 Å². The Morgan fingerprint density at radius 3 is 2.81 bits per heavy atom. The summed E-state index contributed by atoms with van der Waals surface area (Å²) in [5, 5.41) is 4.51. The van der Waals surface area contributed by atoms with Crippen molar-refractivity contribution in [2.75, 3.05) is 6.54 Å². The monoisotopic (exact) mass is 273 g/mol. The van der Waals surface area contributed by atoms with Crippen LogP contribution in [0.3, 0.4) is 0 Å². The lowest BCUT2D eigenvalue weighted by Crippen LogP contribution is -2.21. The Bertz CT molecular complexity index is 550. The van der Waals surface area contributed by atoms with Gasteiger partial charge in [0.25, 0.3) is 5.91 Å². The van der Waals surface area contributed by atoms with E-state index >= 15 is 0 Å². The van der Waals surface area contributed by atoms with E-state index in [0.29, 0.717) is 21.5 Å². The Morgan fingerprint density at radius 2 is 2.19 bits per heavy atom. The molecule has 1 amide bonds. The SMILES string of the molecule is CCNC(=O)c1sc2cccc(Cl)c2c1Cl. The molecule has 0 aliphatic rings. The number of hydrogen-bond acceptors (Lipinski definition) is 2. The number of hydrogen-bond donors (Lipinski definition) is 1.